The van der Waals surface area contributed by atoms with Crippen LogP contribution < -0.4 is 0 Å². The number of rotatable bonds is 4. The number of carbonyl (C=O) groups is 1. The van der Waals surface area contributed by atoms with Crippen LogP contribution in [0.1, 0.15) is 13.3 Å². The maximum absolute atomic E-state index is 11.1. The molecular formula is C6H10N4O2S. The predicted octanol–water partition coefficient (Wildman–Crippen LogP) is 0.289. The van der Waals surface area contributed by atoms with Gasteiger partial charge in [0.15, 0.2) is 0 Å². The minimum atomic E-state index is -0.344. The van der Waals surface area contributed by atoms with Crippen molar-refractivity contribution in [1.29, 1.82) is 0 Å². The molecule has 0 fully saturated rings. The summed E-state index contributed by atoms with van der Waals surface area (Å²) in [6.45, 7) is 2.39. The molecule has 0 amide bonds. The van der Waals surface area contributed by atoms with Gasteiger partial charge in [-0.25, -0.2) is 4.68 Å². The Hall–Kier alpha value is -1.24. The van der Waals surface area contributed by atoms with Crippen molar-refractivity contribution in [2.24, 2.45) is 0 Å². The zero-order valence-corrected chi connectivity index (χ0v) is 8.00. The number of hydrogen-bond donors (Lipinski definition) is 1. The molecular weight excluding hydrogens is 192 g/mol. The SMILES string of the molecule is CCCOC(=O)Cn1[nH]nnc1=S. The molecule has 0 aliphatic carbocycles. The van der Waals surface area contributed by atoms with Gasteiger partial charge in [0, 0.05) is 0 Å². The minimum absolute atomic E-state index is 0.0336. The molecule has 7 heteroatoms. The first-order valence-electron chi connectivity index (χ1n) is 3.87. The van der Waals surface area contributed by atoms with E-state index in [9.17, 15) is 4.79 Å². The molecule has 0 radical (unpaired) electrons. The fourth-order valence-electron chi connectivity index (χ4n) is 0.709. The number of hydrogen-bond acceptors (Lipinski definition) is 5. The molecule has 0 aliphatic rings. The van der Waals surface area contributed by atoms with Crippen LogP contribution in [0.4, 0.5) is 0 Å². The summed E-state index contributed by atoms with van der Waals surface area (Å²) >= 11 is 4.77. The summed E-state index contributed by atoms with van der Waals surface area (Å²) in [6, 6.07) is 0. The van der Waals surface area contributed by atoms with E-state index in [0.29, 0.717) is 6.61 Å². The zero-order valence-electron chi connectivity index (χ0n) is 7.19. The molecule has 0 bridgehead atoms. The van der Waals surface area contributed by atoms with Crippen LogP contribution in [0.3, 0.4) is 0 Å². The molecule has 0 atom stereocenters. The topological polar surface area (TPSA) is 72.8 Å². The molecule has 1 N–H and O–H groups in total. The predicted molar refractivity (Wildman–Crippen MR) is 46.5 cm³/mol. The number of aromatic nitrogens is 4. The maximum Gasteiger partial charge on any atom is 0.327 e. The number of tetrazole rings is 1. The molecule has 0 aliphatic heterocycles. The van der Waals surface area contributed by atoms with Gasteiger partial charge in [-0.1, -0.05) is 17.2 Å². The van der Waals surface area contributed by atoms with Crippen LogP contribution in [0.15, 0.2) is 0 Å². The summed E-state index contributed by atoms with van der Waals surface area (Å²) in [5.41, 5.74) is 0. The first-order valence-corrected chi connectivity index (χ1v) is 4.28. The number of nitrogens with zero attached hydrogens (tertiary/aromatic N) is 3. The number of H-pyrrole nitrogens is 1. The van der Waals surface area contributed by atoms with Crippen LogP contribution in [0, 0.1) is 4.77 Å². The minimum Gasteiger partial charge on any atom is -0.464 e. The van der Waals surface area contributed by atoms with Gasteiger partial charge in [-0.3, -0.25) is 4.79 Å². The fourth-order valence-corrected chi connectivity index (χ4v) is 0.856. The number of carbonyl (C=O) groups excluding carboxylic acids is 1. The van der Waals surface area contributed by atoms with E-state index in [0.717, 1.165) is 6.42 Å². The van der Waals surface area contributed by atoms with Gasteiger partial charge in [0.1, 0.15) is 6.54 Å². The van der Waals surface area contributed by atoms with E-state index in [2.05, 4.69) is 15.5 Å². The second-order valence-corrected chi connectivity index (χ2v) is 2.75. The lowest BCUT2D eigenvalue weighted by Gasteiger charge is -2.01. The standard InChI is InChI=1S/C6H10N4O2S/c1-2-3-12-5(11)4-10-6(13)7-8-9-10/h2-4H2,1H3,(H,7,9,13). The molecule has 1 aromatic rings. The van der Waals surface area contributed by atoms with Gasteiger partial charge in [-0.05, 0) is 18.6 Å². The maximum atomic E-state index is 11.1. The third kappa shape index (κ3) is 2.94. The number of nitrogens with one attached hydrogen (secondary N) is 1. The van der Waals surface area contributed by atoms with Gasteiger partial charge >= 0.3 is 5.97 Å². The van der Waals surface area contributed by atoms with Crippen molar-refractivity contribution in [3.05, 3.63) is 4.77 Å². The summed E-state index contributed by atoms with van der Waals surface area (Å²) in [7, 11) is 0. The van der Waals surface area contributed by atoms with E-state index in [1.54, 1.807) is 0 Å². The monoisotopic (exact) mass is 202 g/mol. The van der Waals surface area contributed by atoms with Gasteiger partial charge in [-0.15, -0.1) is 0 Å². The van der Waals surface area contributed by atoms with Crippen molar-refractivity contribution in [2.45, 2.75) is 19.9 Å². The van der Waals surface area contributed by atoms with Gasteiger partial charge in [-0.2, -0.15) is 5.21 Å². The molecule has 6 nitrogen and oxygen atoms in total. The van der Waals surface area contributed by atoms with E-state index in [4.69, 9.17) is 17.0 Å². The van der Waals surface area contributed by atoms with Crippen molar-refractivity contribution < 1.29 is 9.53 Å². The fraction of sp³-hybridized carbons (Fsp3) is 0.667. The normalized spacial score (nSPS) is 9.92. The lowest BCUT2D eigenvalue weighted by atomic mass is 10.5. The summed E-state index contributed by atoms with van der Waals surface area (Å²) in [5.74, 6) is -0.344. The highest BCUT2D eigenvalue weighted by Gasteiger charge is 2.04. The lowest BCUT2D eigenvalue weighted by molar-refractivity contribution is -0.144. The quantitative estimate of drug-likeness (QED) is 0.561. The first kappa shape index (κ1) is 9.85. The van der Waals surface area contributed by atoms with Crippen molar-refractivity contribution in [1.82, 2.24) is 20.2 Å². The van der Waals surface area contributed by atoms with Gasteiger partial charge in [0.25, 0.3) is 0 Å². The van der Waals surface area contributed by atoms with Crippen LogP contribution in [-0.2, 0) is 16.1 Å². The smallest absolute Gasteiger partial charge is 0.327 e. The number of esters is 1. The zero-order chi connectivity index (χ0) is 9.68. The average Bonchev–Trinajstić information content (AvgIpc) is 2.48. The molecule has 0 aromatic carbocycles. The Balaban J connectivity index is 2.46. The third-order valence-corrected chi connectivity index (χ3v) is 1.59. The summed E-state index contributed by atoms with van der Waals surface area (Å²) in [4.78, 5) is 11.1. The Labute approximate surface area is 79.9 Å². The average molecular weight is 202 g/mol. The van der Waals surface area contributed by atoms with Crippen molar-refractivity contribution in [3.8, 4) is 0 Å². The van der Waals surface area contributed by atoms with Gasteiger partial charge < -0.3 is 4.74 Å². The number of ether oxygens (including phenoxy) is 1. The third-order valence-electron chi connectivity index (χ3n) is 1.29. The molecule has 13 heavy (non-hydrogen) atoms. The molecule has 0 saturated carbocycles. The molecule has 0 unspecified atom stereocenters. The molecule has 0 spiro atoms. The Morgan fingerprint density at radius 1 is 1.77 bits per heavy atom. The molecule has 1 aromatic heterocycles. The van der Waals surface area contributed by atoms with Gasteiger partial charge in [0.05, 0.1) is 6.61 Å². The Kier molecular flexibility index (Phi) is 3.56. The highest BCUT2D eigenvalue weighted by molar-refractivity contribution is 7.71. The highest BCUT2D eigenvalue weighted by atomic mass is 32.1. The van der Waals surface area contributed by atoms with Crippen LogP contribution >= 0.6 is 12.2 Å². The van der Waals surface area contributed by atoms with Crippen LogP contribution in [-0.4, -0.2) is 32.8 Å². The Bertz CT molecular complexity index is 331. The number of aromatic amines is 1. The molecule has 1 rings (SSSR count). The first-order chi connectivity index (χ1) is 6.24. The van der Waals surface area contributed by atoms with Crippen molar-refractivity contribution in [2.75, 3.05) is 6.61 Å². The second-order valence-electron chi connectivity index (χ2n) is 2.39. The summed E-state index contributed by atoms with van der Waals surface area (Å²) in [5, 5.41) is 9.41. The van der Waals surface area contributed by atoms with E-state index in [1.807, 2.05) is 6.92 Å². The molecule has 0 saturated heterocycles. The van der Waals surface area contributed by atoms with E-state index in [-0.39, 0.29) is 17.3 Å². The largest absolute Gasteiger partial charge is 0.464 e. The molecule has 72 valence electrons. The highest BCUT2D eigenvalue weighted by Crippen LogP contribution is 1.88. The Morgan fingerprint density at radius 3 is 3.08 bits per heavy atom. The van der Waals surface area contributed by atoms with Crippen LogP contribution in [0.2, 0.25) is 0 Å². The lowest BCUT2D eigenvalue weighted by Crippen LogP contribution is -2.15. The van der Waals surface area contributed by atoms with Gasteiger partial charge in [0.2, 0.25) is 4.77 Å². The summed E-state index contributed by atoms with van der Waals surface area (Å²) in [6.07, 6.45) is 0.804. The van der Waals surface area contributed by atoms with Crippen molar-refractivity contribution >= 4 is 18.2 Å². The van der Waals surface area contributed by atoms with E-state index in [1.165, 1.54) is 4.68 Å². The molecule has 1 heterocycles. The van der Waals surface area contributed by atoms with Crippen molar-refractivity contribution in [3.63, 3.8) is 0 Å². The van der Waals surface area contributed by atoms with Crippen LogP contribution in [0.25, 0.3) is 0 Å². The van der Waals surface area contributed by atoms with E-state index < -0.39 is 0 Å². The van der Waals surface area contributed by atoms with Crippen LogP contribution in [0.5, 0.6) is 0 Å². The van der Waals surface area contributed by atoms with E-state index >= 15 is 0 Å². The second kappa shape index (κ2) is 4.70. The Morgan fingerprint density at radius 2 is 2.54 bits per heavy atom. The summed E-state index contributed by atoms with van der Waals surface area (Å²) < 4.78 is 6.42.